The fourth-order valence-electron chi connectivity index (χ4n) is 4.65. The first-order valence-electron chi connectivity index (χ1n) is 11.5. The van der Waals surface area contributed by atoms with Crippen molar-refractivity contribution in [1.29, 1.82) is 0 Å². The Labute approximate surface area is 204 Å². The molecule has 2 aliphatic heterocycles. The molecule has 0 N–H and O–H groups in total. The highest BCUT2D eigenvalue weighted by molar-refractivity contribution is 7.91. The van der Waals surface area contributed by atoms with Crippen LogP contribution in [0.1, 0.15) is 17.5 Å². The van der Waals surface area contributed by atoms with Gasteiger partial charge in [0.1, 0.15) is 5.69 Å². The van der Waals surface area contributed by atoms with E-state index in [4.69, 9.17) is 5.10 Å². The fraction of sp³-hybridized carbons (Fsp3) is 0.360. The van der Waals surface area contributed by atoms with E-state index in [9.17, 15) is 13.2 Å². The van der Waals surface area contributed by atoms with Crippen LogP contribution in [0, 0.1) is 0 Å². The number of sulfone groups is 1. The largest absolute Gasteiger partial charge is 0.337 e. The van der Waals surface area contributed by atoms with Gasteiger partial charge < -0.3 is 4.90 Å². The summed E-state index contributed by atoms with van der Waals surface area (Å²) in [5.74, 6) is 0.510. The molecule has 2 saturated heterocycles. The van der Waals surface area contributed by atoms with E-state index in [1.165, 1.54) is 5.56 Å². The number of piperazine rings is 1. The second-order valence-corrected chi connectivity index (χ2v) is 12.0. The molecule has 4 heterocycles. The molecular weight excluding hydrogens is 468 g/mol. The Morgan fingerprint density at radius 1 is 1.09 bits per heavy atom. The second kappa shape index (κ2) is 9.85. The Morgan fingerprint density at radius 3 is 2.56 bits per heavy atom. The summed E-state index contributed by atoms with van der Waals surface area (Å²) in [6.07, 6.45) is 6.19. The predicted molar refractivity (Wildman–Crippen MR) is 135 cm³/mol. The molecule has 5 rings (SSSR count). The molecule has 3 aromatic rings. The topological polar surface area (TPSA) is 75.5 Å². The maximum absolute atomic E-state index is 12.9. The molecule has 2 aromatic heterocycles. The SMILES string of the molecule is O=C(/C=C/c1cn(Cc2ccccc2)nc1-c1cccs1)N1CCN(C2CCS(=O)(=O)C2)CC1. The third kappa shape index (κ3) is 5.32. The first-order valence-corrected chi connectivity index (χ1v) is 14.2. The molecule has 178 valence electrons. The highest BCUT2D eigenvalue weighted by atomic mass is 32.2. The van der Waals surface area contributed by atoms with Gasteiger partial charge in [-0.25, -0.2) is 8.42 Å². The van der Waals surface area contributed by atoms with Crippen molar-refractivity contribution >= 4 is 33.2 Å². The third-order valence-electron chi connectivity index (χ3n) is 6.49. The number of carbonyl (C=O) groups excluding carboxylic acids is 1. The average Bonchev–Trinajstić information content (AvgIpc) is 3.58. The minimum absolute atomic E-state index is 0.0216. The summed E-state index contributed by atoms with van der Waals surface area (Å²) in [5, 5.41) is 6.83. The van der Waals surface area contributed by atoms with Crippen molar-refractivity contribution in [1.82, 2.24) is 19.6 Å². The lowest BCUT2D eigenvalue weighted by atomic mass is 10.1. The molecule has 7 nitrogen and oxygen atoms in total. The van der Waals surface area contributed by atoms with Gasteiger partial charge in [-0.05, 0) is 29.5 Å². The molecule has 34 heavy (non-hydrogen) atoms. The van der Waals surface area contributed by atoms with Crippen LogP contribution in [0.5, 0.6) is 0 Å². The molecule has 1 aromatic carbocycles. The average molecular weight is 497 g/mol. The van der Waals surface area contributed by atoms with Crippen molar-refractivity contribution in [2.75, 3.05) is 37.7 Å². The van der Waals surface area contributed by atoms with Gasteiger partial charge in [-0.3, -0.25) is 14.4 Å². The van der Waals surface area contributed by atoms with Gasteiger partial charge in [0.2, 0.25) is 5.91 Å². The Balaban J connectivity index is 1.26. The minimum Gasteiger partial charge on any atom is -0.337 e. The van der Waals surface area contributed by atoms with E-state index >= 15 is 0 Å². The van der Waals surface area contributed by atoms with Crippen LogP contribution >= 0.6 is 11.3 Å². The normalized spacial score (nSPS) is 20.8. The molecule has 0 spiro atoms. The highest BCUT2D eigenvalue weighted by Crippen LogP contribution is 2.28. The molecule has 2 aliphatic rings. The monoisotopic (exact) mass is 496 g/mol. The highest BCUT2D eigenvalue weighted by Gasteiger charge is 2.34. The van der Waals surface area contributed by atoms with E-state index in [0.717, 1.165) is 29.2 Å². The van der Waals surface area contributed by atoms with Gasteiger partial charge in [0.15, 0.2) is 9.84 Å². The third-order valence-corrected chi connectivity index (χ3v) is 9.12. The van der Waals surface area contributed by atoms with E-state index in [0.29, 0.717) is 26.1 Å². The van der Waals surface area contributed by atoms with Gasteiger partial charge in [0.25, 0.3) is 0 Å². The number of nitrogens with zero attached hydrogens (tertiary/aromatic N) is 4. The molecule has 1 amide bonds. The minimum atomic E-state index is -2.90. The summed E-state index contributed by atoms with van der Waals surface area (Å²) >= 11 is 1.63. The molecule has 0 saturated carbocycles. The second-order valence-electron chi connectivity index (χ2n) is 8.84. The van der Waals surface area contributed by atoms with Gasteiger partial charge in [-0.1, -0.05) is 36.4 Å². The van der Waals surface area contributed by atoms with Crippen LogP contribution < -0.4 is 0 Å². The Morgan fingerprint density at radius 2 is 1.88 bits per heavy atom. The maximum Gasteiger partial charge on any atom is 0.246 e. The number of amides is 1. The van der Waals surface area contributed by atoms with E-state index in [1.807, 2.05) is 57.6 Å². The van der Waals surface area contributed by atoms with Gasteiger partial charge >= 0.3 is 0 Å². The first-order chi connectivity index (χ1) is 16.5. The number of benzene rings is 1. The zero-order chi connectivity index (χ0) is 23.5. The number of hydrogen-bond acceptors (Lipinski definition) is 6. The molecule has 1 unspecified atom stereocenters. The molecule has 2 fully saturated rings. The molecule has 0 radical (unpaired) electrons. The Bertz CT molecular complexity index is 1260. The van der Waals surface area contributed by atoms with E-state index < -0.39 is 9.84 Å². The van der Waals surface area contributed by atoms with Crippen LogP contribution in [0.25, 0.3) is 16.6 Å². The number of carbonyl (C=O) groups is 1. The Hall–Kier alpha value is -2.75. The predicted octanol–water partition coefficient (Wildman–Crippen LogP) is 3.00. The van der Waals surface area contributed by atoms with Crippen molar-refractivity contribution in [2.24, 2.45) is 0 Å². The molecule has 0 bridgehead atoms. The lowest BCUT2D eigenvalue weighted by Crippen LogP contribution is -2.52. The van der Waals surface area contributed by atoms with Crippen LogP contribution in [-0.4, -0.2) is 77.6 Å². The molecular formula is C25H28N4O3S2. The molecule has 0 aliphatic carbocycles. The maximum atomic E-state index is 12.9. The van der Waals surface area contributed by atoms with Crippen LogP contribution in [0.15, 0.2) is 60.1 Å². The van der Waals surface area contributed by atoms with Crippen molar-refractivity contribution in [3.8, 4) is 10.6 Å². The van der Waals surface area contributed by atoms with Gasteiger partial charge in [0, 0.05) is 50.1 Å². The van der Waals surface area contributed by atoms with Gasteiger partial charge in [-0.15, -0.1) is 11.3 Å². The summed E-state index contributed by atoms with van der Waals surface area (Å²) in [5.41, 5.74) is 2.96. The summed E-state index contributed by atoms with van der Waals surface area (Å²) in [7, 11) is -2.90. The van der Waals surface area contributed by atoms with Crippen LogP contribution in [0.2, 0.25) is 0 Å². The van der Waals surface area contributed by atoms with E-state index in [-0.39, 0.29) is 23.5 Å². The summed E-state index contributed by atoms with van der Waals surface area (Å²) in [6, 6.07) is 14.3. The fourth-order valence-corrected chi connectivity index (χ4v) is 7.15. The van der Waals surface area contributed by atoms with Crippen LogP contribution in [-0.2, 0) is 21.2 Å². The molecule has 1 atom stereocenters. The standard InChI is InChI=1S/C25H28N4O3S2/c30-24(28-13-11-27(12-14-28)22-10-16-34(31,32)19-22)9-8-21-18-29(17-20-5-2-1-3-6-20)26-25(21)23-7-4-15-33-23/h1-9,15,18,22H,10-14,16-17,19H2/b9-8+. The number of rotatable bonds is 6. The Kier molecular flexibility index (Phi) is 6.67. The van der Waals surface area contributed by atoms with Gasteiger partial charge in [-0.2, -0.15) is 5.10 Å². The van der Waals surface area contributed by atoms with Crippen LogP contribution in [0.4, 0.5) is 0 Å². The lowest BCUT2D eigenvalue weighted by Gasteiger charge is -2.37. The zero-order valence-corrected chi connectivity index (χ0v) is 20.5. The molecule has 9 heteroatoms. The van der Waals surface area contributed by atoms with Crippen molar-refractivity contribution in [3.05, 3.63) is 71.2 Å². The summed E-state index contributed by atoms with van der Waals surface area (Å²) in [6.45, 7) is 3.33. The number of hydrogen-bond donors (Lipinski definition) is 0. The summed E-state index contributed by atoms with van der Waals surface area (Å²) < 4.78 is 25.5. The van der Waals surface area contributed by atoms with E-state index in [2.05, 4.69) is 17.0 Å². The summed E-state index contributed by atoms with van der Waals surface area (Å²) in [4.78, 5) is 18.0. The number of aromatic nitrogens is 2. The lowest BCUT2D eigenvalue weighted by molar-refractivity contribution is -0.127. The quantitative estimate of drug-likeness (QED) is 0.491. The number of thiophene rings is 1. The zero-order valence-electron chi connectivity index (χ0n) is 18.9. The smallest absolute Gasteiger partial charge is 0.246 e. The van der Waals surface area contributed by atoms with Crippen LogP contribution in [0.3, 0.4) is 0 Å². The van der Waals surface area contributed by atoms with E-state index in [1.54, 1.807) is 17.4 Å². The first kappa shape index (κ1) is 23.0. The van der Waals surface area contributed by atoms with Crippen molar-refractivity contribution in [3.63, 3.8) is 0 Å². The van der Waals surface area contributed by atoms with Gasteiger partial charge in [0.05, 0.1) is 22.9 Å². The van der Waals surface area contributed by atoms with Crippen molar-refractivity contribution in [2.45, 2.75) is 19.0 Å². The van der Waals surface area contributed by atoms with Crippen molar-refractivity contribution < 1.29 is 13.2 Å².